The van der Waals surface area contributed by atoms with Gasteiger partial charge in [0.15, 0.2) is 5.78 Å². The molecule has 0 spiro atoms. The van der Waals surface area contributed by atoms with Crippen molar-refractivity contribution in [3.63, 3.8) is 0 Å². The highest BCUT2D eigenvalue weighted by atomic mass is 16.5. The molecule has 1 aliphatic rings. The second-order valence-corrected chi connectivity index (χ2v) is 6.44. The van der Waals surface area contributed by atoms with E-state index in [-0.39, 0.29) is 24.3 Å². The average Bonchev–Trinajstić information content (AvgIpc) is 2.62. The summed E-state index contributed by atoms with van der Waals surface area (Å²) in [6.07, 6.45) is 0.878. The van der Waals surface area contributed by atoms with Gasteiger partial charge in [-0.1, -0.05) is 19.1 Å². The van der Waals surface area contributed by atoms with E-state index in [1.54, 1.807) is 30.3 Å². The van der Waals surface area contributed by atoms with Gasteiger partial charge in [-0.3, -0.25) is 9.59 Å². The summed E-state index contributed by atoms with van der Waals surface area (Å²) in [7, 11) is 0. The maximum Gasteiger partial charge on any atom is 0.243 e. The van der Waals surface area contributed by atoms with E-state index in [1.165, 1.54) is 6.92 Å². The van der Waals surface area contributed by atoms with Gasteiger partial charge in [-0.25, -0.2) is 0 Å². The third-order valence-electron chi connectivity index (χ3n) is 4.38. The number of nitrogen functional groups attached to an aromatic ring is 1. The zero-order chi connectivity index (χ0) is 18.7. The number of nitrogens with zero attached hydrogens (tertiary/aromatic N) is 1. The van der Waals surface area contributed by atoms with Crippen LogP contribution in [0, 0.1) is 0 Å². The predicted molar refractivity (Wildman–Crippen MR) is 103 cm³/mol. The molecule has 0 saturated heterocycles. The molecule has 6 heteroatoms. The van der Waals surface area contributed by atoms with Crippen LogP contribution in [0.2, 0.25) is 0 Å². The summed E-state index contributed by atoms with van der Waals surface area (Å²) >= 11 is 0. The summed E-state index contributed by atoms with van der Waals surface area (Å²) in [4.78, 5) is 26.0. The van der Waals surface area contributed by atoms with Crippen molar-refractivity contribution in [2.75, 3.05) is 29.0 Å². The number of amides is 1. The molecule has 0 aliphatic carbocycles. The maximum absolute atomic E-state index is 12.5. The van der Waals surface area contributed by atoms with Crippen molar-refractivity contribution in [1.29, 1.82) is 0 Å². The molecule has 136 valence electrons. The van der Waals surface area contributed by atoms with Crippen molar-refractivity contribution in [3.05, 3.63) is 48.0 Å². The molecule has 2 aromatic carbocycles. The first kappa shape index (κ1) is 17.8. The number of hydrogen-bond acceptors (Lipinski definition) is 5. The third-order valence-corrected chi connectivity index (χ3v) is 4.38. The van der Waals surface area contributed by atoms with Crippen molar-refractivity contribution >= 4 is 28.8 Å². The predicted octanol–water partition coefficient (Wildman–Crippen LogP) is 3.09. The van der Waals surface area contributed by atoms with Gasteiger partial charge in [0.1, 0.15) is 11.9 Å². The second kappa shape index (κ2) is 7.47. The number of ether oxygens (including phenoxy) is 1. The minimum Gasteiger partial charge on any atom is -0.486 e. The van der Waals surface area contributed by atoms with E-state index < -0.39 is 0 Å². The molecule has 1 atom stereocenters. The fourth-order valence-corrected chi connectivity index (χ4v) is 2.99. The maximum atomic E-state index is 12.5. The molecule has 0 bridgehead atoms. The van der Waals surface area contributed by atoms with Crippen molar-refractivity contribution in [1.82, 2.24) is 0 Å². The van der Waals surface area contributed by atoms with Crippen LogP contribution in [0.5, 0.6) is 5.75 Å². The first-order valence-electron chi connectivity index (χ1n) is 8.68. The fourth-order valence-electron chi connectivity index (χ4n) is 2.99. The van der Waals surface area contributed by atoms with Gasteiger partial charge >= 0.3 is 0 Å². The van der Waals surface area contributed by atoms with E-state index in [2.05, 4.69) is 12.2 Å². The van der Waals surface area contributed by atoms with Crippen LogP contribution in [0.3, 0.4) is 0 Å². The van der Waals surface area contributed by atoms with Gasteiger partial charge < -0.3 is 20.7 Å². The standard InChI is InChI=1S/C20H23N3O3/c1-3-17-11-23(18-10-15(21)7-8-19(18)26-17)12-20(25)22-16-6-4-5-14(9-16)13(2)24/h4-10,17H,3,11-12,21H2,1-2H3,(H,22,25). The van der Waals surface area contributed by atoms with Crippen LogP contribution in [0.4, 0.5) is 17.1 Å². The van der Waals surface area contributed by atoms with Crippen molar-refractivity contribution < 1.29 is 14.3 Å². The lowest BCUT2D eigenvalue weighted by Gasteiger charge is -2.35. The minimum atomic E-state index is -0.157. The Balaban J connectivity index is 1.75. The lowest BCUT2D eigenvalue weighted by Crippen LogP contribution is -2.43. The molecule has 1 amide bonds. The zero-order valence-electron chi connectivity index (χ0n) is 15.0. The van der Waals surface area contributed by atoms with Crippen LogP contribution >= 0.6 is 0 Å². The average molecular weight is 353 g/mol. The highest BCUT2D eigenvalue weighted by molar-refractivity contribution is 5.98. The SMILES string of the molecule is CCC1CN(CC(=O)Nc2cccc(C(C)=O)c2)c2cc(N)ccc2O1. The smallest absolute Gasteiger partial charge is 0.243 e. The minimum absolute atomic E-state index is 0.0277. The topological polar surface area (TPSA) is 84.7 Å². The van der Waals surface area contributed by atoms with Crippen molar-refractivity contribution in [2.24, 2.45) is 0 Å². The number of benzene rings is 2. The number of carbonyl (C=O) groups is 2. The second-order valence-electron chi connectivity index (χ2n) is 6.44. The Labute approximate surface area is 152 Å². The summed E-state index contributed by atoms with van der Waals surface area (Å²) in [5.41, 5.74) is 8.52. The van der Waals surface area contributed by atoms with Gasteiger partial charge in [-0.05, 0) is 43.7 Å². The number of fused-ring (bicyclic) bond motifs is 1. The van der Waals surface area contributed by atoms with E-state index in [0.717, 1.165) is 17.9 Å². The van der Waals surface area contributed by atoms with E-state index in [1.807, 2.05) is 17.0 Å². The molecular weight excluding hydrogens is 330 g/mol. The highest BCUT2D eigenvalue weighted by Crippen LogP contribution is 2.35. The normalized spacial score (nSPS) is 15.8. The first-order chi connectivity index (χ1) is 12.5. The quantitative estimate of drug-likeness (QED) is 0.637. The number of Topliss-reactive ketones (excluding diaryl/α,β-unsaturated/α-hetero) is 1. The van der Waals surface area contributed by atoms with Crippen molar-refractivity contribution in [3.8, 4) is 5.75 Å². The Bertz CT molecular complexity index is 835. The Hall–Kier alpha value is -3.02. The molecule has 26 heavy (non-hydrogen) atoms. The molecular formula is C20H23N3O3. The van der Waals surface area contributed by atoms with Crippen LogP contribution < -0.4 is 20.7 Å². The molecule has 0 fully saturated rings. The molecule has 6 nitrogen and oxygen atoms in total. The van der Waals surface area contributed by atoms with Crippen LogP contribution in [-0.4, -0.2) is 30.9 Å². The van der Waals surface area contributed by atoms with Gasteiger partial charge in [0, 0.05) is 16.9 Å². The molecule has 1 aliphatic heterocycles. The van der Waals surface area contributed by atoms with E-state index in [0.29, 0.717) is 23.5 Å². The summed E-state index contributed by atoms with van der Waals surface area (Å²) in [5, 5.41) is 2.86. The Morgan fingerprint density at radius 3 is 2.81 bits per heavy atom. The Morgan fingerprint density at radius 1 is 1.27 bits per heavy atom. The van der Waals surface area contributed by atoms with Gasteiger partial charge in [0.05, 0.1) is 18.8 Å². The number of nitrogens with two attached hydrogens (primary N) is 1. The summed E-state index contributed by atoms with van der Waals surface area (Å²) in [6.45, 7) is 4.35. The largest absolute Gasteiger partial charge is 0.486 e. The molecule has 0 radical (unpaired) electrons. The first-order valence-corrected chi connectivity index (χ1v) is 8.68. The summed E-state index contributed by atoms with van der Waals surface area (Å²) in [6, 6.07) is 12.4. The molecule has 1 unspecified atom stereocenters. The monoisotopic (exact) mass is 353 g/mol. The van der Waals surface area contributed by atoms with Crippen molar-refractivity contribution in [2.45, 2.75) is 26.4 Å². The number of hydrogen-bond donors (Lipinski definition) is 2. The number of nitrogens with one attached hydrogen (secondary N) is 1. The molecule has 3 rings (SSSR count). The number of anilines is 3. The number of carbonyl (C=O) groups excluding carboxylic acids is 2. The lowest BCUT2D eigenvalue weighted by atomic mass is 10.1. The number of rotatable bonds is 5. The van der Waals surface area contributed by atoms with Crippen LogP contribution in [0.25, 0.3) is 0 Å². The van der Waals surface area contributed by atoms with E-state index in [4.69, 9.17) is 10.5 Å². The Morgan fingerprint density at radius 2 is 2.08 bits per heavy atom. The van der Waals surface area contributed by atoms with Gasteiger partial charge in [-0.15, -0.1) is 0 Å². The van der Waals surface area contributed by atoms with Gasteiger partial charge in [0.25, 0.3) is 0 Å². The number of ketones is 1. The van der Waals surface area contributed by atoms with Crippen LogP contribution in [0.1, 0.15) is 30.6 Å². The molecule has 0 aromatic heterocycles. The van der Waals surface area contributed by atoms with Gasteiger partial charge in [-0.2, -0.15) is 0 Å². The third kappa shape index (κ3) is 3.96. The molecule has 2 aromatic rings. The fraction of sp³-hybridized carbons (Fsp3) is 0.300. The van der Waals surface area contributed by atoms with E-state index >= 15 is 0 Å². The lowest BCUT2D eigenvalue weighted by molar-refractivity contribution is -0.115. The summed E-state index contributed by atoms with van der Waals surface area (Å²) in [5.74, 6) is 0.545. The van der Waals surface area contributed by atoms with E-state index in [9.17, 15) is 9.59 Å². The summed E-state index contributed by atoms with van der Waals surface area (Å²) < 4.78 is 5.94. The Kier molecular flexibility index (Phi) is 5.11. The zero-order valence-corrected chi connectivity index (χ0v) is 15.0. The molecule has 0 saturated carbocycles. The molecule has 3 N–H and O–H groups in total. The van der Waals surface area contributed by atoms with Crippen LogP contribution in [-0.2, 0) is 4.79 Å². The van der Waals surface area contributed by atoms with Crippen LogP contribution in [0.15, 0.2) is 42.5 Å². The van der Waals surface area contributed by atoms with Gasteiger partial charge in [0.2, 0.25) is 5.91 Å². The molecule has 1 heterocycles. The highest BCUT2D eigenvalue weighted by Gasteiger charge is 2.26.